The molecule has 2 bridgehead atoms. The summed E-state index contributed by atoms with van der Waals surface area (Å²) in [6, 6.07) is 1.53. The highest BCUT2D eigenvalue weighted by Crippen LogP contribution is 2.51. The van der Waals surface area contributed by atoms with Gasteiger partial charge in [0.25, 0.3) is 5.56 Å². The number of esters is 1. The molecule has 0 amide bonds. The molecule has 3 unspecified atom stereocenters. The van der Waals surface area contributed by atoms with Crippen molar-refractivity contribution in [1.29, 1.82) is 0 Å². The Kier molecular flexibility index (Phi) is 3.59. The van der Waals surface area contributed by atoms with E-state index in [1.807, 2.05) is 6.92 Å². The van der Waals surface area contributed by atoms with Gasteiger partial charge in [0, 0.05) is 17.2 Å². The normalized spacial score (nSPS) is 31.7. The predicted molar refractivity (Wildman–Crippen MR) is 78.0 cm³/mol. The lowest BCUT2D eigenvalue weighted by molar-refractivity contribution is -0.150. The van der Waals surface area contributed by atoms with Gasteiger partial charge in [-0.3, -0.25) is 9.59 Å². The quantitative estimate of drug-likeness (QED) is 0.847. The van der Waals surface area contributed by atoms with E-state index in [9.17, 15) is 9.59 Å². The Balaban J connectivity index is 1.92. The van der Waals surface area contributed by atoms with Crippen molar-refractivity contribution in [1.82, 2.24) is 9.97 Å². The van der Waals surface area contributed by atoms with Gasteiger partial charge in [-0.1, -0.05) is 6.42 Å². The van der Waals surface area contributed by atoms with Gasteiger partial charge in [0.1, 0.15) is 5.82 Å². The number of methoxy groups -OCH3 is 1. The molecule has 3 rings (SSSR count). The van der Waals surface area contributed by atoms with Gasteiger partial charge in [0.2, 0.25) is 0 Å². The van der Waals surface area contributed by atoms with E-state index in [0.717, 1.165) is 50.0 Å². The number of nitrogens with zero attached hydrogens (tertiary/aromatic N) is 1. The maximum absolute atomic E-state index is 11.9. The number of carbonyl (C=O) groups is 1. The van der Waals surface area contributed by atoms with Crippen LogP contribution in [0.1, 0.15) is 50.0 Å². The highest BCUT2D eigenvalue weighted by Gasteiger charge is 2.48. The molecular weight excluding hydrogens is 268 g/mol. The first-order chi connectivity index (χ1) is 10.0. The molecule has 2 aliphatic carbocycles. The topological polar surface area (TPSA) is 72.0 Å². The number of H-pyrrole nitrogens is 1. The van der Waals surface area contributed by atoms with Crippen molar-refractivity contribution in [3.05, 3.63) is 27.9 Å². The molecule has 21 heavy (non-hydrogen) atoms. The number of hydrogen-bond donors (Lipinski definition) is 1. The number of carbonyl (C=O) groups excluding carboxylic acids is 1. The fraction of sp³-hybridized carbons (Fsp3) is 0.688. The van der Waals surface area contributed by atoms with Crippen molar-refractivity contribution in [2.75, 3.05) is 7.11 Å². The highest BCUT2D eigenvalue weighted by molar-refractivity contribution is 5.72. The number of fused-ring (bicyclic) bond motifs is 2. The molecule has 2 aliphatic rings. The van der Waals surface area contributed by atoms with Crippen LogP contribution in [0.3, 0.4) is 0 Å². The zero-order chi connectivity index (χ0) is 15.0. The van der Waals surface area contributed by atoms with Crippen molar-refractivity contribution in [3.63, 3.8) is 0 Å². The molecule has 5 nitrogen and oxygen atoms in total. The fourth-order valence-corrected chi connectivity index (χ4v) is 4.27. The van der Waals surface area contributed by atoms with Crippen molar-refractivity contribution >= 4 is 5.97 Å². The molecular formula is C16H22N2O3. The van der Waals surface area contributed by atoms with Crippen molar-refractivity contribution < 1.29 is 9.53 Å². The van der Waals surface area contributed by atoms with Crippen LogP contribution in [0.2, 0.25) is 0 Å². The minimum absolute atomic E-state index is 0.0138. The van der Waals surface area contributed by atoms with Crippen LogP contribution in [0.4, 0.5) is 0 Å². The first-order valence-electron chi connectivity index (χ1n) is 7.70. The van der Waals surface area contributed by atoms with Gasteiger partial charge in [-0.2, -0.15) is 0 Å². The number of hydrogen-bond acceptors (Lipinski definition) is 4. The molecule has 1 heterocycles. The third kappa shape index (κ3) is 2.49. The zero-order valence-electron chi connectivity index (χ0n) is 12.6. The monoisotopic (exact) mass is 290 g/mol. The summed E-state index contributed by atoms with van der Waals surface area (Å²) in [6.07, 6.45) is 5.85. The van der Waals surface area contributed by atoms with E-state index in [2.05, 4.69) is 9.97 Å². The summed E-state index contributed by atoms with van der Waals surface area (Å²) >= 11 is 0. The Morgan fingerprint density at radius 1 is 1.43 bits per heavy atom. The molecule has 0 radical (unpaired) electrons. The van der Waals surface area contributed by atoms with E-state index < -0.39 is 0 Å². The van der Waals surface area contributed by atoms with Crippen LogP contribution in [-0.4, -0.2) is 23.0 Å². The van der Waals surface area contributed by atoms with Gasteiger partial charge >= 0.3 is 5.97 Å². The Labute approximate surface area is 124 Å². The van der Waals surface area contributed by atoms with Gasteiger partial charge in [-0.05, 0) is 44.9 Å². The van der Waals surface area contributed by atoms with Gasteiger partial charge in [-0.25, -0.2) is 4.98 Å². The molecule has 1 aromatic rings. The van der Waals surface area contributed by atoms with Crippen LogP contribution in [0.15, 0.2) is 10.9 Å². The molecule has 1 aromatic heterocycles. The Morgan fingerprint density at radius 2 is 2.24 bits per heavy atom. The van der Waals surface area contributed by atoms with Crippen molar-refractivity contribution in [3.8, 4) is 0 Å². The molecule has 0 spiro atoms. The summed E-state index contributed by atoms with van der Waals surface area (Å²) in [7, 11) is 1.46. The van der Waals surface area contributed by atoms with Crippen LogP contribution in [0.25, 0.3) is 0 Å². The molecule has 0 saturated heterocycles. The highest BCUT2D eigenvalue weighted by atomic mass is 16.5. The van der Waals surface area contributed by atoms with E-state index in [1.54, 1.807) is 0 Å². The third-order valence-corrected chi connectivity index (χ3v) is 5.26. The van der Waals surface area contributed by atoms with Crippen LogP contribution in [0, 0.1) is 18.8 Å². The summed E-state index contributed by atoms with van der Waals surface area (Å²) in [5.74, 6) is 1.10. The van der Waals surface area contributed by atoms with Crippen LogP contribution in [-0.2, 0) is 14.9 Å². The van der Waals surface area contributed by atoms with E-state index in [0.29, 0.717) is 5.92 Å². The average molecular weight is 290 g/mol. The summed E-state index contributed by atoms with van der Waals surface area (Å²) < 4.78 is 4.95. The Morgan fingerprint density at radius 3 is 2.95 bits per heavy atom. The minimum atomic E-state index is -0.0822. The maximum atomic E-state index is 11.9. The lowest BCUT2D eigenvalue weighted by atomic mass is 9.58. The van der Waals surface area contributed by atoms with E-state index in [-0.39, 0.29) is 22.9 Å². The molecule has 0 aliphatic heterocycles. The Hall–Kier alpha value is -1.65. The lowest BCUT2D eigenvalue weighted by Crippen LogP contribution is -2.45. The van der Waals surface area contributed by atoms with Crippen LogP contribution < -0.4 is 5.56 Å². The summed E-state index contributed by atoms with van der Waals surface area (Å²) in [5, 5.41) is 0. The molecule has 5 heteroatoms. The second-order valence-electron chi connectivity index (χ2n) is 6.54. The number of aromatic amines is 1. The zero-order valence-corrected chi connectivity index (χ0v) is 12.6. The second kappa shape index (κ2) is 5.28. The average Bonchev–Trinajstić information content (AvgIpc) is 2.46. The molecule has 2 fully saturated rings. The smallest absolute Gasteiger partial charge is 0.308 e. The summed E-state index contributed by atoms with van der Waals surface area (Å²) in [4.78, 5) is 31.2. The van der Waals surface area contributed by atoms with Crippen LogP contribution >= 0.6 is 0 Å². The van der Waals surface area contributed by atoms with Gasteiger partial charge in [0.05, 0.1) is 13.0 Å². The van der Waals surface area contributed by atoms with Gasteiger partial charge in [-0.15, -0.1) is 0 Å². The van der Waals surface area contributed by atoms with Crippen molar-refractivity contribution in [2.24, 2.45) is 11.8 Å². The SMILES string of the molecule is COC(=O)C1CCC2(c3nc(C)cc(=O)[nH]3)CCCC1C2. The summed E-state index contributed by atoms with van der Waals surface area (Å²) in [6.45, 7) is 1.86. The van der Waals surface area contributed by atoms with Crippen LogP contribution in [0.5, 0.6) is 0 Å². The Bertz CT molecular complexity index is 610. The minimum Gasteiger partial charge on any atom is -0.469 e. The third-order valence-electron chi connectivity index (χ3n) is 5.26. The van der Waals surface area contributed by atoms with Gasteiger partial charge in [0.15, 0.2) is 0 Å². The van der Waals surface area contributed by atoms with E-state index in [4.69, 9.17) is 4.74 Å². The second-order valence-corrected chi connectivity index (χ2v) is 6.54. The molecule has 2 saturated carbocycles. The number of ether oxygens (including phenoxy) is 1. The molecule has 3 atom stereocenters. The molecule has 0 aromatic carbocycles. The molecule has 114 valence electrons. The summed E-state index contributed by atoms with van der Waals surface area (Å²) in [5.41, 5.74) is 0.628. The first kappa shape index (κ1) is 14.3. The standard InChI is InChI=1S/C16H22N2O3/c1-10-8-13(19)18-15(17-10)16-6-3-4-11(9-16)12(5-7-16)14(20)21-2/h8,11-12H,3-7,9H2,1-2H3,(H,17,18,19). The van der Waals surface area contributed by atoms with Crippen molar-refractivity contribution in [2.45, 2.75) is 50.9 Å². The maximum Gasteiger partial charge on any atom is 0.308 e. The largest absolute Gasteiger partial charge is 0.469 e. The number of aromatic nitrogens is 2. The number of nitrogens with one attached hydrogen (secondary N) is 1. The predicted octanol–water partition coefficient (Wildman–Crippen LogP) is 2.09. The van der Waals surface area contributed by atoms with Gasteiger partial charge < -0.3 is 9.72 Å². The first-order valence-corrected chi connectivity index (χ1v) is 7.70. The number of rotatable bonds is 2. The molecule has 1 N–H and O–H groups in total. The number of aryl methyl sites for hydroxylation is 1. The lowest BCUT2D eigenvalue weighted by Gasteiger charge is -2.47. The van der Waals surface area contributed by atoms with E-state index >= 15 is 0 Å². The van der Waals surface area contributed by atoms with E-state index in [1.165, 1.54) is 13.2 Å². The fourth-order valence-electron chi connectivity index (χ4n) is 4.27.